The van der Waals surface area contributed by atoms with Gasteiger partial charge in [0.1, 0.15) is 0 Å². The highest BCUT2D eigenvalue weighted by atomic mass is 16.5. The highest BCUT2D eigenvalue weighted by Crippen LogP contribution is 2.21. The molecule has 2 atom stereocenters. The van der Waals surface area contributed by atoms with Gasteiger partial charge in [-0.3, -0.25) is 4.79 Å². The molecule has 0 aliphatic rings. The molecule has 2 nitrogen and oxygen atoms in total. The van der Waals surface area contributed by atoms with Crippen LogP contribution in [0.4, 0.5) is 0 Å². The van der Waals surface area contributed by atoms with E-state index < -0.39 is 0 Å². The summed E-state index contributed by atoms with van der Waals surface area (Å²) in [7, 11) is 0. The predicted octanol–water partition coefficient (Wildman–Crippen LogP) is 3.57. The molecule has 0 spiro atoms. The van der Waals surface area contributed by atoms with Gasteiger partial charge in [-0.25, -0.2) is 0 Å². The largest absolute Gasteiger partial charge is 0.466 e. The number of esters is 1. The molecular formula is C13H24O2. The Balaban J connectivity index is 4.17. The van der Waals surface area contributed by atoms with Crippen molar-refractivity contribution < 1.29 is 9.53 Å². The quantitative estimate of drug-likeness (QED) is 0.349. The first kappa shape index (κ1) is 14.2. The van der Waals surface area contributed by atoms with Gasteiger partial charge in [-0.2, -0.15) is 0 Å². The molecule has 0 saturated carbocycles. The van der Waals surface area contributed by atoms with Crippen molar-refractivity contribution in [3.8, 4) is 0 Å². The van der Waals surface area contributed by atoms with Crippen LogP contribution in [0.3, 0.4) is 0 Å². The summed E-state index contributed by atoms with van der Waals surface area (Å²) in [6.45, 7) is 10.2. The first-order chi connectivity index (χ1) is 7.17. The second-order valence-electron chi connectivity index (χ2n) is 3.95. The zero-order valence-electron chi connectivity index (χ0n) is 10.3. The van der Waals surface area contributed by atoms with Crippen molar-refractivity contribution in [2.45, 2.75) is 46.5 Å². The normalized spacial score (nSPS) is 14.3. The van der Waals surface area contributed by atoms with Crippen molar-refractivity contribution >= 4 is 5.97 Å². The number of ether oxygens (including phenoxy) is 1. The zero-order valence-corrected chi connectivity index (χ0v) is 10.3. The molecule has 0 rings (SSSR count). The van der Waals surface area contributed by atoms with E-state index in [0.717, 1.165) is 12.8 Å². The van der Waals surface area contributed by atoms with Crippen molar-refractivity contribution in [1.82, 2.24) is 0 Å². The predicted molar refractivity (Wildman–Crippen MR) is 63.6 cm³/mol. The molecule has 0 radical (unpaired) electrons. The van der Waals surface area contributed by atoms with Crippen LogP contribution in [0.15, 0.2) is 12.7 Å². The van der Waals surface area contributed by atoms with E-state index in [1.165, 1.54) is 12.8 Å². The fourth-order valence-electron chi connectivity index (χ4n) is 1.62. The van der Waals surface area contributed by atoms with Crippen LogP contribution in [-0.2, 0) is 9.53 Å². The number of carbonyl (C=O) groups excluding carboxylic acids is 1. The van der Waals surface area contributed by atoms with Crippen LogP contribution < -0.4 is 0 Å². The van der Waals surface area contributed by atoms with E-state index in [1.807, 2.05) is 19.9 Å². The van der Waals surface area contributed by atoms with Gasteiger partial charge in [0, 0.05) is 0 Å². The van der Waals surface area contributed by atoms with Gasteiger partial charge in [-0.1, -0.05) is 39.2 Å². The van der Waals surface area contributed by atoms with E-state index >= 15 is 0 Å². The van der Waals surface area contributed by atoms with Gasteiger partial charge in [-0.15, -0.1) is 6.58 Å². The summed E-state index contributed by atoms with van der Waals surface area (Å²) in [6, 6.07) is 0. The molecule has 0 aromatic heterocycles. The Morgan fingerprint density at radius 2 is 2.07 bits per heavy atom. The number of unbranched alkanes of at least 4 members (excludes halogenated alkanes) is 2. The van der Waals surface area contributed by atoms with Crippen molar-refractivity contribution in [3.05, 3.63) is 12.7 Å². The molecule has 0 N–H and O–H groups in total. The lowest BCUT2D eigenvalue weighted by atomic mass is 9.89. The molecule has 0 bridgehead atoms. The van der Waals surface area contributed by atoms with E-state index in [1.54, 1.807) is 0 Å². The minimum atomic E-state index is -0.0685. The highest BCUT2D eigenvalue weighted by molar-refractivity contribution is 5.73. The lowest BCUT2D eigenvalue weighted by Gasteiger charge is -2.19. The minimum absolute atomic E-state index is 0.00556. The smallest absolute Gasteiger partial charge is 0.309 e. The molecule has 0 fully saturated rings. The summed E-state index contributed by atoms with van der Waals surface area (Å²) in [5, 5.41) is 0. The van der Waals surface area contributed by atoms with E-state index in [4.69, 9.17) is 4.74 Å². The average Bonchev–Trinajstić information content (AvgIpc) is 2.23. The Morgan fingerprint density at radius 3 is 2.53 bits per heavy atom. The first-order valence-corrected chi connectivity index (χ1v) is 5.96. The molecular weight excluding hydrogens is 188 g/mol. The summed E-state index contributed by atoms with van der Waals surface area (Å²) in [6.07, 6.45) is 6.21. The average molecular weight is 212 g/mol. The Labute approximate surface area is 93.7 Å². The van der Waals surface area contributed by atoms with Gasteiger partial charge in [0.05, 0.1) is 12.5 Å². The third-order valence-electron chi connectivity index (χ3n) is 2.71. The standard InChI is InChI=1S/C13H24O2/c1-5-8-9-10-12(11(4)6-2)13(14)15-7-3/h6,11-12H,2,5,7-10H2,1,3-4H3. The van der Waals surface area contributed by atoms with E-state index in [9.17, 15) is 4.79 Å². The molecule has 0 aliphatic heterocycles. The monoisotopic (exact) mass is 212 g/mol. The summed E-state index contributed by atoms with van der Waals surface area (Å²) < 4.78 is 5.07. The lowest BCUT2D eigenvalue weighted by Crippen LogP contribution is -2.23. The van der Waals surface area contributed by atoms with Gasteiger partial charge in [0.2, 0.25) is 0 Å². The van der Waals surface area contributed by atoms with Crippen molar-refractivity contribution in [2.24, 2.45) is 11.8 Å². The molecule has 0 heterocycles. The Kier molecular flexibility index (Phi) is 8.06. The molecule has 0 aliphatic carbocycles. The van der Waals surface area contributed by atoms with Crippen LogP contribution in [0, 0.1) is 11.8 Å². The Bertz CT molecular complexity index is 187. The van der Waals surface area contributed by atoms with E-state index in [2.05, 4.69) is 13.5 Å². The van der Waals surface area contributed by atoms with Crippen molar-refractivity contribution in [3.63, 3.8) is 0 Å². The highest BCUT2D eigenvalue weighted by Gasteiger charge is 2.23. The zero-order chi connectivity index (χ0) is 11.7. The SMILES string of the molecule is C=CC(C)C(CCCCC)C(=O)OCC. The van der Waals surface area contributed by atoms with Gasteiger partial charge >= 0.3 is 5.97 Å². The molecule has 15 heavy (non-hydrogen) atoms. The fourth-order valence-corrected chi connectivity index (χ4v) is 1.62. The number of carbonyl (C=O) groups is 1. The molecule has 0 saturated heterocycles. The van der Waals surface area contributed by atoms with Gasteiger partial charge in [-0.05, 0) is 19.3 Å². The molecule has 2 heteroatoms. The second-order valence-corrected chi connectivity index (χ2v) is 3.95. The Morgan fingerprint density at radius 1 is 1.40 bits per heavy atom. The van der Waals surface area contributed by atoms with Crippen LogP contribution in [-0.4, -0.2) is 12.6 Å². The van der Waals surface area contributed by atoms with Crippen LogP contribution in [0.25, 0.3) is 0 Å². The number of allylic oxidation sites excluding steroid dienone is 1. The van der Waals surface area contributed by atoms with Crippen LogP contribution in [0.5, 0.6) is 0 Å². The molecule has 0 aromatic carbocycles. The topological polar surface area (TPSA) is 26.3 Å². The van der Waals surface area contributed by atoms with Crippen LogP contribution >= 0.6 is 0 Å². The van der Waals surface area contributed by atoms with E-state index in [0.29, 0.717) is 6.61 Å². The lowest BCUT2D eigenvalue weighted by molar-refractivity contribution is -0.149. The summed E-state index contributed by atoms with van der Waals surface area (Å²) in [4.78, 5) is 11.7. The maximum atomic E-state index is 11.7. The van der Waals surface area contributed by atoms with Crippen molar-refractivity contribution in [2.75, 3.05) is 6.61 Å². The maximum Gasteiger partial charge on any atom is 0.309 e. The number of rotatable bonds is 8. The molecule has 0 amide bonds. The number of hydrogen-bond donors (Lipinski definition) is 0. The third-order valence-corrected chi connectivity index (χ3v) is 2.71. The number of hydrogen-bond acceptors (Lipinski definition) is 2. The molecule has 88 valence electrons. The van der Waals surface area contributed by atoms with Gasteiger partial charge in [0.15, 0.2) is 0 Å². The first-order valence-electron chi connectivity index (χ1n) is 5.96. The maximum absolute atomic E-state index is 11.7. The van der Waals surface area contributed by atoms with Crippen molar-refractivity contribution in [1.29, 1.82) is 0 Å². The summed E-state index contributed by atoms with van der Waals surface area (Å²) in [5.74, 6) is 0.135. The van der Waals surface area contributed by atoms with Crippen LogP contribution in [0.2, 0.25) is 0 Å². The third kappa shape index (κ3) is 5.60. The van der Waals surface area contributed by atoms with E-state index in [-0.39, 0.29) is 17.8 Å². The fraction of sp³-hybridized carbons (Fsp3) is 0.769. The van der Waals surface area contributed by atoms with Gasteiger partial charge < -0.3 is 4.74 Å². The van der Waals surface area contributed by atoms with Crippen LogP contribution in [0.1, 0.15) is 46.5 Å². The summed E-state index contributed by atoms with van der Waals surface area (Å²) in [5.41, 5.74) is 0. The molecule has 0 aromatic rings. The Hall–Kier alpha value is -0.790. The minimum Gasteiger partial charge on any atom is -0.466 e. The summed E-state index contributed by atoms with van der Waals surface area (Å²) >= 11 is 0. The van der Waals surface area contributed by atoms with Gasteiger partial charge in [0.25, 0.3) is 0 Å². The molecule has 2 unspecified atom stereocenters. The second kappa shape index (κ2) is 8.51.